The van der Waals surface area contributed by atoms with E-state index in [1.807, 2.05) is 0 Å². The third-order valence-electron chi connectivity index (χ3n) is 0.553. The second-order valence-corrected chi connectivity index (χ2v) is 3.49. The van der Waals surface area contributed by atoms with Crippen molar-refractivity contribution in [1.82, 2.24) is 0 Å². The van der Waals surface area contributed by atoms with Crippen LogP contribution in [0.1, 0.15) is 12.8 Å². The average Bonchev–Trinajstić information content (AvgIpc) is 1.79. The highest BCUT2D eigenvalue weighted by Crippen LogP contribution is 1.86. The third kappa shape index (κ3) is 57.3. The van der Waals surface area contributed by atoms with E-state index in [2.05, 4.69) is 0 Å². The Hall–Kier alpha value is -1.15. The van der Waals surface area contributed by atoms with Gasteiger partial charge in [0.1, 0.15) is 0 Å². The summed E-state index contributed by atoms with van der Waals surface area (Å²) in [5.74, 6) is -2.15. The summed E-state index contributed by atoms with van der Waals surface area (Å²) in [7, 11) is -3.67. The largest absolute Gasteiger partial charge is 0.481 e. The van der Waals surface area contributed by atoms with Gasteiger partial charge in [0.25, 0.3) is 10.1 Å². The van der Waals surface area contributed by atoms with Crippen molar-refractivity contribution in [3.05, 3.63) is 0 Å². The molecule has 0 aromatic carbocycles. The number of carbonyl (C=O) groups is 2. The molecule has 0 aliphatic heterocycles. The van der Waals surface area contributed by atoms with E-state index in [9.17, 15) is 18.0 Å². The van der Waals surface area contributed by atoms with Crippen LogP contribution in [0.3, 0.4) is 0 Å². The number of hydrogen-bond acceptors (Lipinski definition) is 4. The smallest absolute Gasteiger partial charge is 0.303 e. The van der Waals surface area contributed by atoms with Crippen molar-refractivity contribution in [3.63, 3.8) is 0 Å². The second-order valence-electron chi connectivity index (χ2n) is 2.02. The van der Waals surface area contributed by atoms with E-state index in [4.69, 9.17) is 14.8 Å². The van der Waals surface area contributed by atoms with Gasteiger partial charge in [-0.1, -0.05) is 0 Å². The van der Waals surface area contributed by atoms with Crippen LogP contribution in [0.25, 0.3) is 0 Å². The zero-order valence-electron chi connectivity index (χ0n) is 6.80. The van der Waals surface area contributed by atoms with Crippen LogP contribution in [0.4, 0.5) is 0 Å². The highest BCUT2D eigenvalue weighted by Gasteiger charge is 2.00. The van der Waals surface area contributed by atoms with E-state index in [1.54, 1.807) is 0 Å². The molecule has 78 valence electrons. The SMILES string of the molecule is CS(=O)(=O)O.O=C(O)CCC(=O)O. The standard InChI is InChI=1S/C4H6O4.CH4O3S/c5-3(6)1-2-4(7)8;1-5(2,3)4/h1-2H2,(H,5,6)(H,7,8);1H3,(H,2,3,4). The molecule has 0 fully saturated rings. The molecular formula is C5H10O7S. The molecule has 0 spiro atoms. The van der Waals surface area contributed by atoms with Gasteiger partial charge in [0.05, 0.1) is 19.1 Å². The fourth-order valence-electron chi connectivity index (χ4n) is 0.214. The lowest BCUT2D eigenvalue weighted by atomic mass is 10.3. The second kappa shape index (κ2) is 6.38. The Kier molecular flexibility index (Phi) is 7.05. The first-order valence-electron chi connectivity index (χ1n) is 2.99. The van der Waals surface area contributed by atoms with Crippen molar-refractivity contribution < 1.29 is 32.8 Å². The summed E-state index contributed by atoms with van der Waals surface area (Å²) < 4.78 is 25.9. The van der Waals surface area contributed by atoms with Crippen LogP contribution in [0.2, 0.25) is 0 Å². The summed E-state index contributed by atoms with van der Waals surface area (Å²) in [6.07, 6.45) is 0.123. The average molecular weight is 214 g/mol. The van der Waals surface area contributed by atoms with E-state index in [1.165, 1.54) is 0 Å². The van der Waals surface area contributed by atoms with Crippen LogP contribution >= 0.6 is 0 Å². The van der Waals surface area contributed by atoms with Gasteiger partial charge in [0.2, 0.25) is 0 Å². The Morgan fingerprint density at radius 2 is 1.23 bits per heavy atom. The first-order valence-corrected chi connectivity index (χ1v) is 4.84. The number of aliphatic carboxylic acids is 2. The number of carboxylic acid groups (broad SMARTS) is 2. The Bertz CT molecular complexity index is 243. The topological polar surface area (TPSA) is 129 Å². The molecule has 3 N–H and O–H groups in total. The van der Waals surface area contributed by atoms with Gasteiger partial charge in [-0.2, -0.15) is 8.42 Å². The molecule has 0 bridgehead atoms. The van der Waals surface area contributed by atoms with Crippen LogP contribution < -0.4 is 0 Å². The van der Waals surface area contributed by atoms with Crippen molar-refractivity contribution in [3.8, 4) is 0 Å². The molecule has 0 rings (SSSR count). The first-order chi connectivity index (χ1) is 5.63. The molecule has 0 aromatic heterocycles. The minimum Gasteiger partial charge on any atom is -0.481 e. The van der Waals surface area contributed by atoms with Crippen molar-refractivity contribution in [2.75, 3.05) is 6.26 Å². The summed E-state index contributed by atoms with van der Waals surface area (Å²) in [6, 6.07) is 0. The summed E-state index contributed by atoms with van der Waals surface area (Å²) in [6.45, 7) is 0. The molecular weight excluding hydrogens is 204 g/mol. The van der Waals surface area contributed by atoms with Crippen LogP contribution in [-0.2, 0) is 19.7 Å². The lowest BCUT2D eigenvalue weighted by Gasteiger charge is -1.85. The fraction of sp³-hybridized carbons (Fsp3) is 0.600. The minimum absolute atomic E-state index is 0.296. The number of hydrogen-bond donors (Lipinski definition) is 3. The molecule has 7 nitrogen and oxygen atoms in total. The molecule has 0 aliphatic rings. The summed E-state index contributed by atoms with van der Waals surface area (Å²) in [5.41, 5.74) is 0. The Morgan fingerprint density at radius 3 is 1.31 bits per heavy atom. The fourth-order valence-corrected chi connectivity index (χ4v) is 0.214. The normalized spacial score (nSPS) is 9.69. The molecule has 0 aromatic rings. The van der Waals surface area contributed by atoms with E-state index >= 15 is 0 Å². The van der Waals surface area contributed by atoms with E-state index < -0.39 is 22.1 Å². The molecule has 8 heteroatoms. The summed E-state index contributed by atoms with van der Waals surface area (Å²) >= 11 is 0. The molecule has 13 heavy (non-hydrogen) atoms. The van der Waals surface area contributed by atoms with Crippen LogP contribution in [0.15, 0.2) is 0 Å². The lowest BCUT2D eigenvalue weighted by molar-refractivity contribution is -0.143. The maximum atomic E-state index is 9.64. The van der Waals surface area contributed by atoms with E-state index in [0.29, 0.717) is 6.26 Å². The van der Waals surface area contributed by atoms with Crippen molar-refractivity contribution >= 4 is 22.1 Å². The Labute approximate surface area is 74.7 Å². The summed E-state index contributed by atoms with van der Waals surface area (Å²) in [4.78, 5) is 19.3. The predicted molar refractivity (Wildman–Crippen MR) is 42.0 cm³/mol. The zero-order valence-corrected chi connectivity index (χ0v) is 7.61. The van der Waals surface area contributed by atoms with Gasteiger partial charge >= 0.3 is 11.9 Å². The predicted octanol–water partition coefficient (Wildman–Crippen LogP) is -0.560. The maximum absolute atomic E-state index is 9.64. The summed E-state index contributed by atoms with van der Waals surface area (Å²) in [5, 5.41) is 15.8. The number of carboxylic acids is 2. The monoisotopic (exact) mass is 214 g/mol. The highest BCUT2D eigenvalue weighted by molar-refractivity contribution is 7.85. The molecule has 0 aliphatic carbocycles. The first kappa shape index (κ1) is 14.4. The molecule has 0 radical (unpaired) electrons. The van der Waals surface area contributed by atoms with Gasteiger partial charge in [-0.25, -0.2) is 0 Å². The quantitative estimate of drug-likeness (QED) is 0.537. The molecule has 0 unspecified atom stereocenters. The third-order valence-corrected chi connectivity index (χ3v) is 0.553. The molecule has 0 saturated heterocycles. The van der Waals surface area contributed by atoms with E-state index in [-0.39, 0.29) is 12.8 Å². The van der Waals surface area contributed by atoms with Gasteiger partial charge < -0.3 is 10.2 Å². The molecule has 0 saturated carbocycles. The lowest BCUT2D eigenvalue weighted by Crippen LogP contribution is -2.00. The molecule has 0 amide bonds. The maximum Gasteiger partial charge on any atom is 0.303 e. The van der Waals surface area contributed by atoms with Gasteiger partial charge in [-0.3, -0.25) is 14.1 Å². The highest BCUT2D eigenvalue weighted by atomic mass is 32.2. The van der Waals surface area contributed by atoms with E-state index in [0.717, 1.165) is 0 Å². The van der Waals surface area contributed by atoms with Gasteiger partial charge in [-0.15, -0.1) is 0 Å². The van der Waals surface area contributed by atoms with Gasteiger partial charge in [0, 0.05) is 0 Å². The van der Waals surface area contributed by atoms with Gasteiger partial charge in [-0.05, 0) is 0 Å². The van der Waals surface area contributed by atoms with Crippen molar-refractivity contribution in [2.24, 2.45) is 0 Å². The minimum atomic E-state index is -3.67. The Balaban J connectivity index is 0. The van der Waals surface area contributed by atoms with Crippen molar-refractivity contribution in [2.45, 2.75) is 12.8 Å². The van der Waals surface area contributed by atoms with Crippen LogP contribution in [0, 0.1) is 0 Å². The van der Waals surface area contributed by atoms with Gasteiger partial charge in [0.15, 0.2) is 0 Å². The Morgan fingerprint density at radius 1 is 1.08 bits per heavy atom. The zero-order chi connectivity index (χ0) is 11.1. The van der Waals surface area contributed by atoms with Crippen molar-refractivity contribution in [1.29, 1.82) is 0 Å². The van der Waals surface area contributed by atoms with Crippen LogP contribution in [0.5, 0.6) is 0 Å². The van der Waals surface area contributed by atoms with Crippen LogP contribution in [-0.4, -0.2) is 41.4 Å². The molecule has 0 atom stereocenters. The number of rotatable bonds is 3. The molecule has 0 heterocycles.